The normalized spacial score (nSPS) is 10.7. The van der Waals surface area contributed by atoms with Crippen LogP contribution in [0.15, 0.2) is 164 Å². The van der Waals surface area contributed by atoms with Crippen molar-refractivity contribution in [2.75, 3.05) is 0 Å². The van der Waals surface area contributed by atoms with Crippen LogP contribution in [0.4, 0.5) is 13.2 Å². The van der Waals surface area contributed by atoms with Crippen molar-refractivity contribution in [2.45, 2.75) is 0 Å². The molecule has 0 radical (unpaired) electrons. The van der Waals surface area contributed by atoms with Crippen LogP contribution in [0.2, 0.25) is 0 Å². The molecule has 7 rings (SSSR count). The highest BCUT2D eigenvalue weighted by Crippen LogP contribution is 2.36. The number of rotatable bonds is 12. The molecule has 54 heavy (non-hydrogen) atoms. The van der Waals surface area contributed by atoms with E-state index in [2.05, 4.69) is 0 Å². The Labute approximate surface area is 307 Å². The molecule has 6 nitrogen and oxygen atoms in total. The van der Waals surface area contributed by atoms with Crippen LogP contribution >= 0.6 is 0 Å². The van der Waals surface area contributed by atoms with E-state index >= 15 is 0 Å². The van der Waals surface area contributed by atoms with Crippen LogP contribution in [0.1, 0.15) is 47.8 Å². The topological polar surface area (TPSA) is 78.9 Å². The van der Waals surface area contributed by atoms with Crippen molar-refractivity contribution >= 4 is 17.3 Å². The van der Waals surface area contributed by atoms with E-state index in [1.165, 1.54) is 72.8 Å². The van der Waals surface area contributed by atoms with Gasteiger partial charge in [0, 0.05) is 51.6 Å². The first-order valence-electron chi connectivity index (χ1n) is 16.6. The Kier molecular flexibility index (Phi) is 10.1. The second-order valence-corrected chi connectivity index (χ2v) is 12.0. The number of hydrogen-bond donors (Lipinski definition) is 0. The van der Waals surface area contributed by atoms with Crippen molar-refractivity contribution in [1.29, 1.82) is 0 Å². The lowest BCUT2D eigenvalue weighted by atomic mass is 10.0. The zero-order valence-corrected chi connectivity index (χ0v) is 28.2. The molecule has 7 aromatic rings. The molecule has 7 aromatic carbocycles. The standard InChI is InChI=1S/C45H27F3O6/c46-34-13-1-28(2-14-34)43(49)31-7-19-37(20-8-31)52-40-25-41(53-38-21-9-32(10-22-38)44(50)29-3-15-35(47)16-4-29)27-42(26-40)54-39-23-11-33(12-24-39)45(51)30-5-17-36(48)18-6-30/h1-27H. The van der Waals surface area contributed by atoms with Gasteiger partial charge in [-0.25, -0.2) is 13.2 Å². The molecule has 0 spiro atoms. The monoisotopic (exact) mass is 720 g/mol. The van der Waals surface area contributed by atoms with Gasteiger partial charge in [0.1, 0.15) is 51.9 Å². The Morgan fingerprint density at radius 1 is 0.278 bits per heavy atom. The molecule has 0 amide bonds. The van der Waals surface area contributed by atoms with Crippen molar-refractivity contribution in [3.63, 3.8) is 0 Å². The Hall–Kier alpha value is -7.26. The first-order valence-corrected chi connectivity index (χ1v) is 16.6. The van der Waals surface area contributed by atoms with E-state index in [-0.39, 0.29) is 17.3 Å². The van der Waals surface area contributed by atoms with Gasteiger partial charge < -0.3 is 14.2 Å². The summed E-state index contributed by atoms with van der Waals surface area (Å²) in [5.41, 5.74) is 2.19. The molecule has 0 bridgehead atoms. The van der Waals surface area contributed by atoms with Crippen LogP contribution in [0.5, 0.6) is 34.5 Å². The fourth-order valence-corrected chi connectivity index (χ4v) is 5.46. The highest BCUT2D eigenvalue weighted by atomic mass is 19.1. The minimum atomic E-state index is -0.437. The minimum absolute atomic E-state index is 0.275. The van der Waals surface area contributed by atoms with Crippen molar-refractivity contribution in [3.8, 4) is 34.5 Å². The third-order valence-electron chi connectivity index (χ3n) is 8.23. The average Bonchev–Trinajstić information content (AvgIpc) is 3.19. The lowest BCUT2D eigenvalue weighted by molar-refractivity contribution is 0.103. The lowest BCUT2D eigenvalue weighted by Gasteiger charge is -2.14. The van der Waals surface area contributed by atoms with Gasteiger partial charge in [-0.05, 0) is 146 Å². The maximum atomic E-state index is 13.4. The van der Waals surface area contributed by atoms with Crippen molar-refractivity contribution in [2.24, 2.45) is 0 Å². The molecule has 0 fully saturated rings. The van der Waals surface area contributed by atoms with Gasteiger partial charge in [0.2, 0.25) is 0 Å². The van der Waals surface area contributed by atoms with Gasteiger partial charge in [-0.3, -0.25) is 14.4 Å². The van der Waals surface area contributed by atoms with Crippen LogP contribution in [-0.4, -0.2) is 17.3 Å². The van der Waals surface area contributed by atoms with E-state index in [4.69, 9.17) is 14.2 Å². The largest absolute Gasteiger partial charge is 0.457 e. The van der Waals surface area contributed by atoms with Crippen molar-refractivity contribution in [1.82, 2.24) is 0 Å². The Bertz CT molecular complexity index is 2150. The number of benzene rings is 7. The van der Waals surface area contributed by atoms with Gasteiger partial charge in [0.25, 0.3) is 0 Å². The van der Waals surface area contributed by atoms with Crippen LogP contribution < -0.4 is 14.2 Å². The number of carbonyl (C=O) groups is 3. The fraction of sp³-hybridized carbons (Fsp3) is 0. The maximum Gasteiger partial charge on any atom is 0.193 e. The van der Waals surface area contributed by atoms with E-state index < -0.39 is 17.5 Å². The SMILES string of the molecule is O=C(c1ccc(F)cc1)c1ccc(Oc2cc(Oc3ccc(C(=O)c4ccc(F)cc4)cc3)cc(Oc3ccc(C(=O)c4ccc(F)cc4)cc3)c2)cc1. The predicted octanol–water partition coefficient (Wildman–Crippen LogP) is 11.2. The molecule has 0 N–H and O–H groups in total. The van der Waals surface area contributed by atoms with Crippen LogP contribution in [0.3, 0.4) is 0 Å². The Morgan fingerprint density at radius 3 is 0.667 bits per heavy atom. The summed E-state index contributed by atoms with van der Waals surface area (Å²) in [5, 5.41) is 0. The number of hydrogen-bond acceptors (Lipinski definition) is 6. The van der Waals surface area contributed by atoms with Crippen LogP contribution in [0.25, 0.3) is 0 Å². The summed E-state index contributed by atoms with van der Waals surface area (Å²) in [7, 11) is 0. The summed E-state index contributed by atoms with van der Waals surface area (Å²) >= 11 is 0. The Balaban J connectivity index is 1.12. The molecule has 0 saturated carbocycles. The zero-order valence-electron chi connectivity index (χ0n) is 28.2. The molecule has 0 heterocycles. The van der Waals surface area contributed by atoms with Crippen molar-refractivity contribution in [3.05, 3.63) is 215 Å². The molecule has 0 aliphatic heterocycles. The number of ether oxygens (including phenoxy) is 3. The van der Waals surface area contributed by atoms with E-state index in [1.54, 1.807) is 91.0 Å². The van der Waals surface area contributed by atoms with Gasteiger partial charge >= 0.3 is 0 Å². The van der Waals surface area contributed by atoms with E-state index in [1.807, 2.05) is 0 Å². The zero-order chi connectivity index (χ0) is 37.6. The summed E-state index contributed by atoms with van der Waals surface area (Å²) in [5.74, 6) is 0.0517. The number of carbonyl (C=O) groups excluding carboxylic acids is 3. The highest BCUT2D eigenvalue weighted by molar-refractivity contribution is 6.10. The predicted molar refractivity (Wildman–Crippen MR) is 195 cm³/mol. The molecule has 0 saturated heterocycles. The molecular weight excluding hydrogens is 693 g/mol. The van der Waals surface area contributed by atoms with Crippen LogP contribution in [-0.2, 0) is 0 Å². The second kappa shape index (κ2) is 15.5. The molecule has 0 unspecified atom stereocenters. The first kappa shape index (κ1) is 35.2. The quantitative estimate of drug-likeness (QED) is 0.117. The summed E-state index contributed by atoms with van der Waals surface area (Å²) < 4.78 is 58.5. The number of ketones is 3. The third kappa shape index (κ3) is 8.43. The van der Waals surface area contributed by atoms with E-state index in [9.17, 15) is 27.6 Å². The minimum Gasteiger partial charge on any atom is -0.457 e. The Morgan fingerprint density at radius 2 is 0.463 bits per heavy atom. The molecule has 9 heteroatoms. The lowest BCUT2D eigenvalue weighted by Crippen LogP contribution is -2.01. The highest BCUT2D eigenvalue weighted by Gasteiger charge is 2.14. The maximum absolute atomic E-state index is 13.4. The third-order valence-corrected chi connectivity index (χ3v) is 8.23. The van der Waals surface area contributed by atoms with Gasteiger partial charge in [-0.1, -0.05) is 0 Å². The molecule has 0 aliphatic carbocycles. The molecular formula is C45H27F3O6. The van der Waals surface area contributed by atoms with E-state index in [0.717, 1.165) is 0 Å². The number of halogens is 3. The summed E-state index contributed by atoms with van der Waals surface area (Å²) in [6.45, 7) is 0. The average molecular weight is 721 g/mol. The smallest absolute Gasteiger partial charge is 0.193 e. The van der Waals surface area contributed by atoms with Crippen LogP contribution in [0, 0.1) is 17.5 Å². The van der Waals surface area contributed by atoms with Gasteiger partial charge in [0.05, 0.1) is 0 Å². The summed E-state index contributed by atoms with van der Waals surface area (Å²) in [6.07, 6.45) is 0. The van der Waals surface area contributed by atoms with Gasteiger partial charge in [-0.2, -0.15) is 0 Å². The van der Waals surface area contributed by atoms with Gasteiger partial charge in [0.15, 0.2) is 17.3 Å². The van der Waals surface area contributed by atoms with E-state index in [0.29, 0.717) is 67.9 Å². The summed E-state index contributed by atoms with van der Waals surface area (Å²) in [6, 6.07) is 40.1. The summed E-state index contributed by atoms with van der Waals surface area (Å²) in [4.78, 5) is 38.7. The molecule has 264 valence electrons. The van der Waals surface area contributed by atoms with Crippen molar-refractivity contribution < 1.29 is 41.8 Å². The second-order valence-electron chi connectivity index (χ2n) is 12.0. The van der Waals surface area contributed by atoms with Gasteiger partial charge in [-0.15, -0.1) is 0 Å². The molecule has 0 aliphatic rings. The fourth-order valence-electron chi connectivity index (χ4n) is 5.46. The molecule has 0 atom stereocenters. The first-order chi connectivity index (χ1) is 26.2. The molecule has 0 aromatic heterocycles.